The zero-order valence-corrected chi connectivity index (χ0v) is 14.2. The van der Waals surface area contributed by atoms with Gasteiger partial charge in [-0.05, 0) is 29.8 Å². The Kier molecular flexibility index (Phi) is 4.88. The SMILES string of the molecule is NCc1ccc(-c2cc(Cl)cc3c2O[C@@H](C(F)(F)F)C(C(=O)O)=C3)cc1F. The second-order valence-electron chi connectivity index (χ2n) is 5.83. The van der Waals surface area contributed by atoms with E-state index in [1.54, 1.807) is 0 Å². The Hall–Kier alpha value is -2.58. The fourth-order valence-electron chi connectivity index (χ4n) is 2.79. The number of carboxylic acids is 1. The number of aliphatic carboxylic acids is 1. The smallest absolute Gasteiger partial charge is 0.430 e. The molecule has 0 unspecified atom stereocenters. The van der Waals surface area contributed by atoms with Gasteiger partial charge in [0, 0.05) is 28.3 Å². The highest BCUT2D eigenvalue weighted by Gasteiger charge is 2.48. The van der Waals surface area contributed by atoms with E-state index in [1.807, 2.05) is 0 Å². The largest absolute Gasteiger partial charge is 0.478 e. The summed E-state index contributed by atoms with van der Waals surface area (Å²) in [5.41, 5.74) is 5.06. The van der Waals surface area contributed by atoms with E-state index >= 15 is 0 Å². The van der Waals surface area contributed by atoms with Gasteiger partial charge in [0.1, 0.15) is 11.6 Å². The highest BCUT2D eigenvalue weighted by molar-refractivity contribution is 6.31. The third kappa shape index (κ3) is 3.63. The predicted octanol–water partition coefficient (Wildman–Crippen LogP) is 4.40. The minimum absolute atomic E-state index is 0.0445. The Morgan fingerprint density at radius 3 is 2.52 bits per heavy atom. The van der Waals surface area contributed by atoms with Crippen LogP contribution < -0.4 is 10.5 Å². The first-order valence-corrected chi connectivity index (χ1v) is 8.00. The number of hydrogen-bond acceptors (Lipinski definition) is 3. The summed E-state index contributed by atoms with van der Waals surface area (Å²) >= 11 is 6.02. The van der Waals surface area contributed by atoms with Crippen molar-refractivity contribution in [2.24, 2.45) is 5.73 Å². The van der Waals surface area contributed by atoms with Crippen molar-refractivity contribution in [3.8, 4) is 16.9 Å². The van der Waals surface area contributed by atoms with Crippen LogP contribution in [0.1, 0.15) is 11.1 Å². The molecule has 3 N–H and O–H groups in total. The van der Waals surface area contributed by atoms with Gasteiger partial charge in [-0.25, -0.2) is 9.18 Å². The second-order valence-corrected chi connectivity index (χ2v) is 6.26. The average molecular weight is 402 g/mol. The van der Waals surface area contributed by atoms with Gasteiger partial charge in [-0.15, -0.1) is 0 Å². The average Bonchev–Trinajstić information content (AvgIpc) is 2.58. The fraction of sp³-hybridized carbons (Fsp3) is 0.167. The van der Waals surface area contributed by atoms with E-state index in [4.69, 9.17) is 27.2 Å². The highest BCUT2D eigenvalue weighted by atomic mass is 35.5. The summed E-state index contributed by atoms with van der Waals surface area (Å²) < 4.78 is 59.0. The summed E-state index contributed by atoms with van der Waals surface area (Å²) in [5, 5.41) is 9.23. The number of rotatable bonds is 3. The quantitative estimate of drug-likeness (QED) is 0.748. The van der Waals surface area contributed by atoms with Gasteiger partial charge < -0.3 is 15.6 Å². The molecule has 9 heteroatoms. The molecule has 0 aliphatic carbocycles. The standard InChI is InChI=1S/C18H12ClF4NO3/c19-11-3-10-4-13(17(25)26)16(18(21,22)23)27-15(10)12(6-11)8-1-2-9(7-24)14(20)5-8/h1-6,16H,7,24H2,(H,25,26)/t16-/m1/s1. The number of nitrogens with two attached hydrogens (primary N) is 1. The molecular weight excluding hydrogens is 390 g/mol. The lowest BCUT2D eigenvalue weighted by molar-refractivity contribution is -0.187. The number of fused-ring (bicyclic) bond motifs is 1. The van der Waals surface area contributed by atoms with Crippen LogP contribution in [0, 0.1) is 5.82 Å². The lowest BCUT2D eigenvalue weighted by atomic mass is 9.95. The molecule has 27 heavy (non-hydrogen) atoms. The molecular formula is C18H12ClF4NO3. The molecule has 142 valence electrons. The number of carbonyl (C=O) groups is 1. The molecule has 0 saturated carbocycles. The van der Waals surface area contributed by atoms with Gasteiger partial charge in [-0.1, -0.05) is 23.7 Å². The molecule has 0 fully saturated rings. The summed E-state index contributed by atoms with van der Waals surface area (Å²) in [5.74, 6) is -2.62. The maximum absolute atomic E-state index is 14.1. The van der Waals surface area contributed by atoms with E-state index in [0.29, 0.717) is 0 Å². The summed E-state index contributed by atoms with van der Waals surface area (Å²) in [6.07, 6.45) is -6.75. The Balaban J connectivity index is 2.21. The minimum Gasteiger partial charge on any atom is -0.478 e. The molecule has 2 aromatic rings. The maximum atomic E-state index is 14.1. The number of benzene rings is 2. The van der Waals surface area contributed by atoms with Crippen molar-refractivity contribution in [2.45, 2.75) is 18.8 Å². The van der Waals surface area contributed by atoms with Crippen LogP contribution in [0.15, 0.2) is 35.9 Å². The van der Waals surface area contributed by atoms with Crippen LogP contribution in [0.2, 0.25) is 5.02 Å². The van der Waals surface area contributed by atoms with Crippen molar-refractivity contribution >= 4 is 23.6 Å². The van der Waals surface area contributed by atoms with E-state index < -0.39 is 29.6 Å². The van der Waals surface area contributed by atoms with Crippen LogP contribution in [-0.4, -0.2) is 23.4 Å². The molecule has 2 aromatic carbocycles. The van der Waals surface area contributed by atoms with E-state index in [-0.39, 0.29) is 39.6 Å². The Morgan fingerprint density at radius 1 is 1.26 bits per heavy atom. The van der Waals surface area contributed by atoms with Crippen molar-refractivity contribution in [1.82, 2.24) is 0 Å². The van der Waals surface area contributed by atoms with Crippen molar-refractivity contribution in [3.05, 3.63) is 57.9 Å². The van der Waals surface area contributed by atoms with Gasteiger partial charge in [0.2, 0.25) is 6.10 Å². The second kappa shape index (κ2) is 6.86. The van der Waals surface area contributed by atoms with E-state index in [9.17, 15) is 22.4 Å². The topological polar surface area (TPSA) is 72.5 Å². The number of hydrogen-bond donors (Lipinski definition) is 2. The normalized spacial score (nSPS) is 16.4. The van der Waals surface area contributed by atoms with Crippen LogP contribution in [-0.2, 0) is 11.3 Å². The van der Waals surface area contributed by atoms with Crippen molar-refractivity contribution in [1.29, 1.82) is 0 Å². The number of carboxylic acid groups (broad SMARTS) is 1. The lowest BCUT2D eigenvalue weighted by Crippen LogP contribution is -2.40. The molecule has 4 nitrogen and oxygen atoms in total. The third-order valence-electron chi connectivity index (χ3n) is 4.04. The van der Waals surface area contributed by atoms with Crippen LogP contribution >= 0.6 is 11.6 Å². The van der Waals surface area contributed by atoms with Gasteiger partial charge in [-0.2, -0.15) is 13.2 Å². The molecule has 1 aliphatic rings. The third-order valence-corrected chi connectivity index (χ3v) is 4.26. The Labute approximate surface area is 155 Å². The summed E-state index contributed by atoms with van der Waals surface area (Å²) in [6.45, 7) is -0.0445. The molecule has 0 aromatic heterocycles. The fourth-order valence-corrected chi connectivity index (χ4v) is 3.02. The first kappa shape index (κ1) is 19.2. The van der Waals surface area contributed by atoms with Crippen LogP contribution in [0.3, 0.4) is 0 Å². The van der Waals surface area contributed by atoms with E-state index in [0.717, 1.165) is 12.1 Å². The number of alkyl halides is 3. The predicted molar refractivity (Wildman–Crippen MR) is 90.8 cm³/mol. The van der Waals surface area contributed by atoms with Crippen molar-refractivity contribution in [2.75, 3.05) is 0 Å². The molecule has 0 radical (unpaired) electrons. The summed E-state index contributed by atoms with van der Waals surface area (Å²) in [6, 6.07) is 6.58. The molecule has 0 bridgehead atoms. The Bertz CT molecular complexity index is 956. The molecule has 0 saturated heterocycles. The van der Waals surface area contributed by atoms with E-state index in [1.165, 1.54) is 24.3 Å². The van der Waals surface area contributed by atoms with Crippen molar-refractivity contribution in [3.63, 3.8) is 0 Å². The molecule has 0 spiro atoms. The van der Waals surface area contributed by atoms with Crippen molar-refractivity contribution < 1.29 is 32.2 Å². The van der Waals surface area contributed by atoms with Crippen LogP contribution in [0.4, 0.5) is 17.6 Å². The molecule has 1 aliphatic heterocycles. The first-order chi connectivity index (χ1) is 12.6. The monoisotopic (exact) mass is 401 g/mol. The Morgan fingerprint density at radius 2 is 1.96 bits per heavy atom. The highest BCUT2D eigenvalue weighted by Crippen LogP contribution is 2.44. The van der Waals surface area contributed by atoms with Gasteiger partial charge >= 0.3 is 12.1 Å². The first-order valence-electron chi connectivity index (χ1n) is 7.62. The van der Waals surface area contributed by atoms with E-state index in [2.05, 4.69) is 0 Å². The van der Waals surface area contributed by atoms with Gasteiger partial charge in [0.05, 0.1) is 5.57 Å². The maximum Gasteiger partial charge on any atom is 0.430 e. The lowest BCUT2D eigenvalue weighted by Gasteiger charge is -2.28. The zero-order valence-electron chi connectivity index (χ0n) is 13.5. The van der Waals surface area contributed by atoms with Gasteiger partial charge in [0.15, 0.2) is 0 Å². The zero-order chi connectivity index (χ0) is 19.9. The van der Waals surface area contributed by atoms with Gasteiger partial charge in [-0.3, -0.25) is 0 Å². The summed E-state index contributed by atoms with van der Waals surface area (Å²) in [4.78, 5) is 11.2. The minimum atomic E-state index is -4.95. The molecule has 1 heterocycles. The summed E-state index contributed by atoms with van der Waals surface area (Å²) in [7, 11) is 0. The van der Waals surface area contributed by atoms with Gasteiger partial charge in [0.25, 0.3) is 0 Å². The molecule has 3 rings (SSSR count). The van der Waals surface area contributed by atoms with Crippen LogP contribution in [0.5, 0.6) is 5.75 Å². The van der Waals surface area contributed by atoms with Crippen LogP contribution in [0.25, 0.3) is 17.2 Å². The number of halogens is 5. The molecule has 1 atom stereocenters. The molecule has 0 amide bonds. The number of ether oxygens (including phenoxy) is 1.